The van der Waals surface area contributed by atoms with E-state index in [0.717, 1.165) is 45.2 Å². The van der Waals surface area contributed by atoms with Crippen molar-refractivity contribution in [1.82, 2.24) is 0 Å². The lowest BCUT2D eigenvalue weighted by atomic mass is 9.79. The Balaban J connectivity index is 1.26. The predicted octanol–water partition coefficient (Wildman–Crippen LogP) is 5.71. The van der Waals surface area contributed by atoms with E-state index in [1.165, 1.54) is 51.4 Å². The maximum atomic E-state index is 6.14. The van der Waals surface area contributed by atoms with E-state index in [0.29, 0.717) is 17.8 Å². The molecule has 3 aliphatic rings. The van der Waals surface area contributed by atoms with Crippen LogP contribution in [0.25, 0.3) is 0 Å². The summed E-state index contributed by atoms with van der Waals surface area (Å²) >= 11 is 0. The normalized spacial score (nSPS) is 37.4. The van der Waals surface area contributed by atoms with Crippen molar-refractivity contribution < 1.29 is 18.9 Å². The van der Waals surface area contributed by atoms with Crippen molar-refractivity contribution in [2.24, 2.45) is 23.7 Å². The molecule has 2 saturated heterocycles. The van der Waals surface area contributed by atoms with Crippen LogP contribution in [-0.2, 0) is 18.9 Å². The lowest BCUT2D eigenvalue weighted by molar-refractivity contribution is -0.235. The fourth-order valence-corrected chi connectivity index (χ4v) is 4.91. The fourth-order valence-electron chi connectivity index (χ4n) is 4.91. The molecule has 2 aliphatic heterocycles. The third kappa shape index (κ3) is 7.12. The summed E-state index contributed by atoms with van der Waals surface area (Å²) in [5.41, 5.74) is 0. The molecule has 3 fully saturated rings. The third-order valence-corrected chi connectivity index (χ3v) is 6.75. The number of rotatable bonds is 9. The van der Waals surface area contributed by atoms with Gasteiger partial charge in [-0.1, -0.05) is 44.8 Å². The Morgan fingerprint density at radius 1 is 0.750 bits per heavy atom. The van der Waals surface area contributed by atoms with Gasteiger partial charge in [-0.15, -0.1) is 0 Å². The predicted molar refractivity (Wildman–Crippen MR) is 112 cm³/mol. The fraction of sp³-hybridized carbons (Fsp3) is 0.917. The molecular weight excluding hydrogens is 352 g/mol. The molecule has 0 amide bonds. The highest BCUT2D eigenvalue weighted by Crippen LogP contribution is 2.36. The number of ether oxygens (including phenoxy) is 4. The number of hydrogen-bond donors (Lipinski definition) is 0. The number of allylic oxidation sites excluding steroid dienone is 1. The van der Waals surface area contributed by atoms with Crippen LogP contribution < -0.4 is 0 Å². The van der Waals surface area contributed by atoms with Gasteiger partial charge in [0.15, 0.2) is 12.6 Å². The Hall–Kier alpha value is -0.420. The first-order chi connectivity index (χ1) is 13.8. The molecule has 0 aromatic rings. The molecule has 28 heavy (non-hydrogen) atoms. The lowest BCUT2D eigenvalue weighted by Gasteiger charge is -2.38. The van der Waals surface area contributed by atoms with Crippen molar-refractivity contribution in [3.8, 4) is 0 Å². The van der Waals surface area contributed by atoms with E-state index in [4.69, 9.17) is 18.9 Å². The summed E-state index contributed by atoms with van der Waals surface area (Å²) in [4.78, 5) is 0. The molecule has 0 aromatic carbocycles. The topological polar surface area (TPSA) is 36.9 Å². The molecule has 1 aliphatic carbocycles. The Labute approximate surface area is 172 Å². The van der Waals surface area contributed by atoms with Crippen LogP contribution in [0, 0.1) is 23.7 Å². The Morgan fingerprint density at radius 2 is 1.46 bits per heavy atom. The summed E-state index contributed by atoms with van der Waals surface area (Å²) < 4.78 is 24.0. The van der Waals surface area contributed by atoms with Gasteiger partial charge in [0, 0.05) is 17.8 Å². The average Bonchev–Trinajstić information content (AvgIpc) is 2.75. The first-order valence-corrected chi connectivity index (χ1v) is 11.9. The molecular formula is C24H42O4. The number of hydrogen-bond acceptors (Lipinski definition) is 4. The molecule has 0 unspecified atom stereocenters. The zero-order chi connectivity index (χ0) is 19.6. The Kier molecular flexibility index (Phi) is 9.79. The molecule has 162 valence electrons. The van der Waals surface area contributed by atoms with Crippen molar-refractivity contribution in [1.29, 1.82) is 0 Å². The summed E-state index contributed by atoms with van der Waals surface area (Å²) in [6.07, 6.45) is 17.1. The van der Waals surface area contributed by atoms with Gasteiger partial charge in [0.05, 0.1) is 26.4 Å². The van der Waals surface area contributed by atoms with E-state index in [9.17, 15) is 0 Å². The second-order valence-electron chi connectivity index (χ2n) is 9.14. The Bertz CT molecular complexity index is 428. The summed E-state index contributed by atoms with van der Waals surface area (Å²) in [6.45, 7) is 7.54. The standard InChI is InChI=1S/C24H42O4/c1-3-5-6-8-19-9-12-22(13-10-19)24-27-17-21(18-28-24)11-14-23-25-15-20(7-4-2)16-26-23/h4,7,19-24H,3,5-6,8-18H2,1-2H3/b7-4+. The van der Waals surface area contributed by atoms with Crippen LogP contribution in [0.5, 0.6) is 0 Å². The van der Waals surface area contributed by atoms with Crippen molar-refractivity contribution in [2.45, 2.75) is 90.6 Å². The maximum Gasteiger partial charge on any atom is 0.160 e. The first kappa shape index (κ1) is 22.3. The van der Waals surface area contributed by atoms with Gasteiger partial charge in [-0.05, 0) is 51.4 Å². The van der Waals surface area contributed by atoms with Crippen LogP contribution in [0.4, 0.5) is 0 Å². The van der Waals surface area contributed by atoms with Crippen LogP contribution >= 0.6 is 0 Å². The van der Waals surface area contributed by atoms with E-state index < -0.39 is 0 Å². The molecule has 0 spiro atoms. The van der Waals surface area contributed by atoms with Gasteiger partial charge in [-0.25, -0.2) is 0 Å². The molecule has 1 saturated carbocycles. The molecule has 0 bridgehead atoms. The highest BCUT2D eigenvalue weighted by molar-refractivity contribution is 4.86. The molecule has 2 heterocycles. The zero-order valence-electron chi connectivity index (χ0n) is 18.2. The van der Waals surface area contributed by atoms with Gasteiger partial charge in [-0.3, -0.25) is 0 Å². The van der Waals surface area contributed by atoms with Crippen LogP contribution in [0.2, 0.25) is 0 Å². The minimum atomic E-state index is -0.0535. The summed E-state index contributed by atoms with van der Waals surface area (Å²) in [7, 11) is 0. The van der Waals surface area contributed by atoms with E-state index >= 15 is 0 Å². The minimum Gasteiger partial charge on any atom is -0.352 e. The van der Waals surface area contributed by atoms with Crippen molar-refractivity contribution in [2.75, 3.05) is 26.4 Å². The molecule has 4 nitrogen and oxygen atoms in total. The summed E-state index contributed by atoms with van der Waals surface area (Å²) in [5.74, 6) is 2.44. The van der Waals surface area contributed by atoms with Gasteiger partial charge in [-0.2, -0.15) is 0 Å². The third-order valence-electron chi connectivity index (χ3n) is 6.75. The molecule has 0 aromatic heterocycles. The zero-order valence-corrected chi connectivity index (χ0v) is 18.2. The second-order valence-corrected chi connectivity index (χ2v) is 9.14. The molecule has 4 heteroatoms. The van der Waals surface area contributed by atoms with Gasteiger partial charge < -0.3 is 18.9 Å². The second kappa shape index (κ2) is 12.3. The van der Waals surface area contributed by atoms with Gasteiger partial charge >= 0.3 is 0 Å². The number of unbranched alkanes of at least 4 members (excludes halogenated alkanes) is 2. The largest absolute Gasteiger partial charge is 0.352 e. The van der Waals surface area contributed by atoms with Gasteiger partial charge in [0.1, 0.15) is 0 Å². The Morgan fingerprint density at radius 3 is 2.11 bits per heavy atom. The highest BCUT2D eigenvalue weighted by Gasteiger charge is 2.32. The van der Waals surface area contributed by atoms with Crippen molar-refractivity contribution in [3.63, 3.8) is 0 Å². The van der Waals surface area contributed by atoms with Crippen molar-refractivity contribution >= 4 is 0 Å². The molecule has 0 N–H and O–H groups in total. The van der Waals surface area contributed by atoms with Crippen LogP contribution in [-0.4, -0.2) is 39.0 Å². The quantitative estimate of drug-likeness (QED) is 0.371. The van der Waals surface area contributed by atoms with E-state index in [1.807, 2.05) is 6.92 Å². The minimum absolute atomic E-state index is 0.0385. The van der Waals surface area contributed by atoms with E-state index in [1.54, 1.807) is 0 Å². The van der Waals surface area contributed by atoms with Gasteiger partial charge in [0.2, 0.25) is 0 Å². The monoisotopic (exact) mass is 394 g/mol. The SMILES string of the molecule is C/C=C/C1COC(CCC2COC(C3CCC(CCCCC)CC3)OC2)OC1. The highest BCUT2D eigenvalue weighted by atomic mass is 16.7. The summed E-state index contributed by atoms with van der Waals surface area (Å²) in [5, 5.41) is 0. The first-order valence-electron chi connectivity index (χ1n) is 11.9. The van der Waals surface area contributed by atoms with Gasteiger partial charge in [0.25, 0.3) is 0 Å². The maximum absolute atomic E-state index is 6.14. The molecule has 3 rings (SSSR count). The molecule has 0 radical (unpaired) electrons. The van der Waals surface area contributed by atoms with E-state index in [2.05, 4.69) is 19.1 Å². The van der Waals surface area contributed by atoms with Crippen LogP contribution in [0.15, 0.2) is 12.2 Å². The van der Waals surface area contributed by atoms with Crippen LogP contribution in [0.3, 0.4) is 0 Å². The summed E-state index contributed by atoms with van der Waals surface area (Å²) in [6, 6.07) is 0. The molecule has 0 atom stereocenters. The smallest absolute Gasteiger partial charge is 0.160 e. The van der Waals surface area contributed by atoms with Crippen molar-refractivity contribution in [3.05, 3.63) is 12.2 Å². The van der Waals surface area contributed by atoms with E-state index in [-0.39, 0.29) is 12.6 Å². The van der Waals surface area contributed by atoms with Crippen LogP contribution in [0.1, 0.15) is 78.1 Å². The average molecular weight is 395 g/mol. The lowest BCUT2D eigenvalue weighted by Crippen LogP contribution is -2.39.